The first-order valence-electron chi connectivity index (χ1n) is 12.8. The Morgan fingerprint density at radius 1 is 1.14 bits per heavy atom. The van der Waals surface area contributed by atoms with Gasteiger partial charge in [0.1, 0.15) is 5.60 Å². The summed E-state index contributed by atoms with van der Waals surface area (Å²) < 4.78 is 33.4. The number of nitrogens with zero attached hydrogens (tertiary/aromatic N) is 3. The fraction of sp³-hybridized carbons (Fsp3) is 0.556. The average molecular weight is 531 g/mol. The van der Waals surface area contributed by atoms with Crippen molar-refractivity contribution in [3.05, 3.63) is 47.5 Å². The van der Waals surface area contributed by atoms with Crippen LogP contribution in [0.2, 0.25) is 0 Å². The number of sulfonamides is 1. The van der Waals surface area contributed by atoms with Gasteiger partial charge in [-0.15, -0.1) is 0 Å². The second-order valence-electron chi connectivity index (χ2n) is 11.1. The summed E-state index contributed by atoms with van der Waals surface area (Å²) in [5.41, 5.74) is 2.40. The summed E-state index contributed by atoms with van der Waals surface area (Å²) in [5.74, 6) is 0.331. The fourth-order valence-corrected chi connectivity index (χ4v) is 5.83. The smallest absolute Gasteiger partial charge is 0.410 e. The Morgan fingerprint density at radius 2 is 1.81 bits per heavy atom. The van der Waals surface area contributed by atoms with Crippen LogP contribution in [0.3, 0.4) is 0 Å². The molecule has 0 spiro atoms. The molecule has 3 heterocycles. The standard InChI is InChI=1S/C27H38N4O5S/c1-6-37(34,35)28-16-19-9-12-31(17-19)25(32)21-7-8-24-22(15-21)23(18-29(24)5)20-10-13-30(14-11-20)26(33)36-27(2,3)4/h6-8,15,18-20,28H,1,9-14,16-17H2,2-5H3/t19-/m1/s1. The summed E-state index contributed by atoms with van der Waals surface area (Å²) in [6.45, 7) is 11.6. The number of carbonyl (C=O) groups excluding carboxylic acids is 2. The minimum absolute atomic E-state index is 0.0366. The number of aryl methyl sites for hydroxylation is 1. The number of carbonyl (C=O) groups is 2. The van der Waals surface area contributed by atoms with Gasteiger partial charge in [-0.25, -0.2) is 17.9 Å². The van der Waals surface area contributed by atoms with Gasteiger partial charge in [0.15, 0.2) is 0 Å². The number of aromatic nitrogens is 1. The third-order valence-corrected chi connectivity index (χ3v) is 8.23. The van der Waals surface area contributed by atoms with Crippen LogP contribution >= 0.6 is 0 Å². The largest absolute Gasteiger partial charge is 0.444 e. The van der Waals surface area contributed by atoms with Gasteiger partial charge in [-0.2, -0.15) is 0 Å². The quantitative estimate of drug-likeness (QED) is 0.612. The molecule has 1 N–H and O–H groups in total. The molecule has 0 radical (unpaired) electrons. The van der Waals surface area contributed by atoms with Gasteiger partial charge in [0.2, 0.25) is 10.0 Å². The van der Waals surface area contributed by atoms with Gasteiger partial charge in [-0.05, 0) is 75.6 Å². The maximum atomic E-state index is 13.3. The van der Waals surface area contributed by atoms with Gasteiger partial charge in [-0.3, -0.25) is 4.79 Å². The normalized spacial score (nSPS) is 19.4. The van der Waals surface area contributed by atoms with Crippen molar-refractivity contribution in [2.45, 2.75) is 51.6 Å². The molecule has 2 aliphatic heterocycles. The van der Waals surface area contributed by atoms with Crippen molar-refractivity contribution in [1.29, 1.82) is 0 Å². The van der Waals surface area contributed by atoms with Gasteiger partial charge < -0.3 is 19.1 Å². The number of amides is 2. The summed E-state index contributed by atoms with van der Waals surface area (Å²) in [6.07, 6.45) is 4.30. The third-order valence-electron chi connectivity index (χ3n) is 7.22. The van der Waals surface area contributed by atoms with Crippen LogP contribution in [0.5, 0.6) is 0 Å². The van der Waals surface area contributed by atoms with Crippen LogP contribution < -0.4 is 4.72 Å². The summed E-state index contributed by atoms with van der Waals surface area (Å²) in [4.78, 5) is 29.4. The average Bonchev–Trinajstić information content (AvgIpc) is 3.46. The van der Waals surface area contributed by atoms with Crippen molar-refractivity contribution >= 4 is 32.9 Å². The number of benzene rings is 1. The first kappa shape index (κ1) is 27.2. The Bertz CT molecular complexity index is 1290. The Balaban J connectivity index is 1.44. The highest BCUT2D eigenvalue weighted by molar-refractivity contribution is 7.92. The Hall–Kier alpha value is -2.85. The molecular weight excluding hydrogens is 492 g/mol. The molecule has 4 rings (SSSR count). The molecule has 2 amide bonds. The second kappa shape index (κ2) is 10.5. The third kappa shape index (κ3) is 6.35. The number of piperidine rings is 1. The predicted octanol–water partition coefficient (Wildman–Crippen LogP) is 3.82. The number of hydrogen-bond acceptors (Lipinski definition) is 5. The van der Waals surface area contributed by atoms with Crippen molar-refractivity contribution in [3.8, 4) is 0 Å². The topological polar surface area (TPSA) is 101 Å². The molecular formula is C27H38N4O5S. The van der Waals surface area contributed by atoms with Crippen LogP contribution in [0.4, 0.5) is 4.79 Å². The molecule has 1 atom stereocenters. The Morgan fingerprint density at radius 3 is 2.46 bits per heavy atom. The molecule has 2 saturated heterocycles. The zero-order chi connectivity index (χ0) is 27.0. The number of likely N-dealkylation sites (tertiary alicyclic amines) is 2. The SMILES string of the molecule is C=CS(=O)(=O)NC[C@H]1CCN(C(=O)c2ccc3c(c2)c(C2CCN(C(=O)OC(C)(C)C)CC2)cn3C)C1. The lowest BCUT2D eigenvalue weighted by molar-refractivity contribution is 0.0205. The predicted molar refractivity (Wildman–Crippen MR) is 144 cm³/mol. The highest BCUT2D eigenvalue weighted by Crippen LogP contribution is 2.35. The molecule has 10 heteroatoms. The Kier molecular flexibility index (Phi) is 7.71. The van der Waals surface area contributed by atoms with Crippen LogP contribution in [0.25, 0.3) is 10.9 Å². The summed E-state index contributed by atoms with van der Waals surface area (Å²) in [6, 6.07) is 5.85. The maximum absolute atomic E-state index is 13.3. The van der Waals surface area contributed by atoms with Crippen LogP contribution in [0.1, 0.15) is 61.9 Å². The number of hydrogen-bond donors (Lipinski definition) is 1. The van der Waals surface area contributed by atoms with Gasteiger partial charge >= 0.3 is 6.09 Å². The number of rotatable bonds is 6. The summed E-state index contributed by atoms with van der Waals surface area (Å²) in [7, 11) is -1.46. The van der Waals surface area contributed by atoms with Crippen molar-refractivity contribution in [1.82, 2.24) is 19.1 Å². The van der Waals surface area contributed by atoms with E-state index in [1.807, 2.05) is 46.0 Å². The lowest BCUT2D eigenvalue weighted by Gasteiger charge is -2.33. The first-order valence-corrected chi connectivity index (χ1v) is 14.4. The molecule has 2 fully saturated rings. The highest BCUT2D eigenvalue weighted by atomic mass is 32.2. The van der Waals surface area contributed by atoms with E-state index in [1.54, 1.807) is 9.80 Å². The number of nitrogens with one attached hydrogen (secondary N) is 1. The monoisotopic (exact) mass is 530 g/mol. The van der Waals surface area contributed by atoms with Crippen LogP contribution in [0.15, 0.2) is 36.4 Å². The molecule has 0 aliphatic carbocycles. The molecule has 0 unspecified atom stereocenters. The van der Waals surface area contributed by atoms with Crippen LogP contribution in [0, 0.1) is 5.92 Å². The molecule has 202 valence electrons. The molecule has 0 saturated carbocycles. The van der Waals surface area contributed by atoms with E-state index in [1.165, 1.54) is 5.56 Å². The number of fused-ring (bicyclic) bond motifs is 1. The van der Waals surface area contributed by atoms with Gasteiger partial charge in [0.25, 0.3) is 5.91 Å². The van der Waals surface area contributed by atoms with E-state index in [9.17, 15) is 18.0 Å². The first-order chi connectivity index (χ1) is 17.4. The lowest BCUT2D eigenvalue weighted by atomic mass is 9.89. The lowest BCUT2D eigenvalue weighted by Crippen LogP contribution is -2.41. The maximum Gasteiger partial charge on any atom is 0.410 e. The minimum atomic E-state index is -3.47. The van der Waals surface area contributed by atoms with E-state index in [-0.39, 0.29) is 17.9 Å². The van der Waals surface area contributed by atoms with Crippen LogP contribution in [-0.4, -0.2) is 73.1 Å². The second-order valence-corrected chi connectivity index (χ2v) is 12.8. The molecule has 1 aromatic heterocycles. The van der Waals surface area contributed by atoms with Crippen molar-refractivity contribution in [3.63, 3.8) is 0 Å². The van der Waals surface area contributed by atoms with E-state index < -0.39 is 15.6 Å². The van der Waals surface area contributed by atoms with E-state index in [2.05, 4.69) is 22.1 Å². The van der Waals surface area contributed by atoms with E-state index >= 15 is 0 Å². The highest BCUT2D eigenvalue weighted by Gasteiger charge is 2.30. The fourth-order valence-electron chi connectivity index (χ4n) is 5.24. The van der Waals surface area contributed by atoms with Gasteiger partial charge in [0, 0.05) is 67.8 Å². The zero-order valence-corrected chi connectivity index (χ0v) is 23.0. The van der Waals surface area contributed by atoms with Crippen molar-refractivity contribution in [2.75, 3.05) is 32.7 Å². The summed E-state index contributed by atoms with van der Waals surface area (Å²) >= 11 is 0. The van der Waals surface area contributed by atoms with Gasteiger partial charge in [-0.1, -0.05) is 6.58 Å². The molecule has 1 aromatic carbocycles. The Labute approximate surface area is 219 Å². The van der Waals surface area contributed by atoms with E-state index in [4.69, 9.17) is 4.74 Å². The zero-order valence-electron chi connectivity index (χ0n) is 22.2. The molecule has 0 bridgehead atoms. The number of ether oxygens (including phenoxy) is 1. The van der Waals surface area contributed by atoms with E-state index in [0.29, 0.717) is 44.2 Å². The molecule has 9 nitrogen and oxygen atoms in total. The van der Waals surface area contributed by atoms with Gasteiger partial charge in [0.05, 0.1) is 0 Å². The van der Waals surface area contributed by atoms with Crippen molar-refractivity contribution in [2.24, 2.45) is 13.0 Å². The summed E-state index contributed by atoms with van der Waals surface area (Å²) in [5, 5.41) is 1.97. The van der Waals surface area contributed by atoms with Crippen molar-refractivity contribution < 1.29 is 22.7 Å². The molecule has 37 heavy (non-hydrogen) atoms. The van der Waals surface area contributed by atoms with Crippen LogP contribution in [-0.2, 0) is 21.8 Å². The molecule has 2 aliphatic rings. The molecule has 2 aromatic rings. The minimum Gasteiger partial charge on any atom is -0.444 e. The van der Waals surface area contributed by atoms with E-state index in [0.717, 1.165) is 35.6 Å².